The van der Waals surface area contributed by atoms with Crippen molar-refractivity contribution < 1.29 is 14.5 Å². The van der Waals surface area contributed by atoms with E-state index in [0.29, 0.717) is 18.9 Å². The lowest BCUT2D eigenvalue weighted by Gasteiger charge is -2.38. The fraction of sp³-hybridized carbons (Fsp3) is 0.647. The van der Waals surface area contributed by atoms with Crippen molar-refractivity contribution in [2.75, 3.05) is 25.0 Å². The number of aromatic nitrogens is 1. The Morgan fingerprint density at radius 2 is 2.16 bits per heavy atom. The first kappa shape index (κ1) is 19.0. The Labute approximate surface area is 147 Å². The third-order valence-corrected chi connectivity index (χ3v) is 4.07. The topological polar surface area (TPSA) is 88.8 Å². The zero-order valence-electron chi connectivity index (χ0n) is 15.3. The maximum absolute atomic E-state index is 12.5. The molecule has 1 fully saturated rings. The van der Waals surface area contributed by atoms with E-state index < -0.39 is 10.5 Å². The minimum atomic E-state index is -0.523. The first-order valence-corrected chi connectivity index (χ1v) is 8.48. The van der Waals surface area contributed by atoms with E-state index in [9.17, 15) is 14.9 Å². The average molecular weight is 350 g/mol. The monoisotopic (exact) mass is 350 g/mol. The highest BCUT2D eigenvalue weighted by Crippen LogP contribution is 2.23. The highest BCUT2D eigenvalue weighted by Gasteiger charge is 2.31. The quantitative estimate of drug-likeness (QED) is 0.612. The van der Waals surface area contributed by atoms with Gasteiger partial charge in [0.15, 0.2) is 0 Å². The maximum atomic E-state index is 12.5. The van der Waals surface area contributed by atoms with E-state index in [1.165, 1.54) is 12.3 Å². The Kier molecular flexibility index (Phi) is 5.81. The molecule has 138 valence electrons. The summed E-state index contributed by atoms with van der Waals surface area (Å²) in [5.74, 6) is 0.639. The summed E-state index contributed by atoms with van der Waals surface area (Å²) in [4.78, 5) is 30.6. The summed E-state index contributed by atoms with van der Waals surface area (Å²) in [6.07, 6.45) is 3.89. The van der Waals surface area contributed by atoms with Gasteiger partial charge in [0, 0.05) is 26.2 Å². The molecule has 1 saturated heterocycles. The van der Waals surface area contributed by atoms with Gasteiger partial charge in [-0.05, 0) is 46.1 Å². The Balaban J connectivity index is 2.04. The van der Waals surface area contributed by atoms with Crippen molar-refractivity contribution in [1.29, 1.82) is 0 Å². The van der Waals surface area contributed by atoms with Gasteiger partial charge in [-0.2, -0.15) is 0 Å². The van der Waals surface area contributed by atoms with Crippen LogP contribution in [0.3, 0.4) is 0 Å². The molecule has 8 heteroatoms. The van der Waals surface area contributed by atoms with Crippen molar-refractivity contribution in [3.05, 3.63) is 28.4 Å². The smallest absolute Gasteiger partial charge is 0.410 e. The number of carbonyl (C=O) groups is 1. The highest BCUT2D eigenvalue weighted by molar-refractivity contribution is 5.68. The molecule has 2 rings (SSSR count). The summed E-state index contributed by atoms with van der Waals surface area (Å²) in [7, 11) is 1.87. The Hall–Kier alpha value is -2.38. The van der Waals surface area contributed by atoms with Crippen LogP contribution in [0.2, 0.25) is 0 Å². The second-order valence-electron chi connectivity index (χ2n) is 7.34. The molecule has 1 unspecified atom stereocenters. The summed E-state index contributed by atoms with van der Waals surface area (Å²) in [5.41, 5.74) is -0.560. The standard InChI is InChI=1S/C17H26N4O4/c1-17(2,3)25-16(22)20-10-6-5-7-14(20)12-19(4)15-9-8-13(11-18-15)21(23)24/h8-9,11,14H,5-7,10,12H2,1-4H3. The number of nitro groups is 1. The van der Waals surface area contributed by atoms with Gasteiger partial charge in [-0.3, -0.25) is 10.1 Å². The van der Waals surface area contributed by atoms with Gasteiger partial charge in [0.05, 0.1) is 11.0 Å². The fourth-order valence-electron chi connectivity index (χ4n) is 2.87. The van der Waals surface area contributed by atoms with Gasteiger partial charge in [0.1, 0.15) is 17.6 Å². The van der Waals surface area contributed by atoms with Crippen LogP contribution in [0.15, 0.2) is 18.3 Å². The first-order chi connectivity index (χ1) is 11.7. The maximum Gasteiger partial charge on any atom is 0.410 e. The van der Waals surface area contributed by atoms with Gasteiger partial charge in [0.25, 0.3) is 5.69 Å². The van der Waals surface area contributed by atoms with Crippen molar-refractivity contribution in [3.8, 4) is 0 Å². The summed E-state index contributed by atoms with van der Waals surface area (Å²) >= 11 is 0. The van der Waals surface area contributed by atoms with Gasteiger partial charge >= 0.3 is 6.09 Å². The lowest BCUT2D eigenvalue weighted by Crippen LogP contribution is -2.50. The molecular formula is C17H26N4O4. The third-order valence-electron chi connectivity index (χ3n) is 4.07. The molecule has 1 aromatic heterocycles. The molecule has 1 aromatic rings. The third kappa shape index (κ3) is 5.30. The molecule has 0 bridgehead atoms. The molecule has 8 nitrogen and oxygen atoms in total. The number of hydrogen-bond acceptors (Lipinski definition) is 6. The van der Waals surface area contributed by atoms with Crippen LogP contribution >= 0.6 is 0 Å². The van der Waals surface area contributed by atoms with Crippen LogP contribution in [0.4, 0.5) is 16.3 Å². The summed E-state index contributed by atoms with van der Waals surface area (Å²) in [6, 6.07) is 3.09. The Morgan fingerprint density at radius 1 is 1.44 bits per heavy atom. The van der Waals surface area contributed by atoms with Crippen LogP contribution in [0.5, 0.6) is 0 Å². The summed E-state index contributed by atoms with van der Waals surface area (Å²) in [6.45, 7) is 6.86. The lowest BCUT2D eigenvalue weighted by atomic mass is 10.0. The largest absolute Gasteiger partial charge is 0.444 e. The number of nitrogens with zero attached hydrogens (tertiary/aromatic N) is 4. The van der Waals surface area contributed by atoms with Crippen LogP contribution in [-0.4, -0.2) is 52.7 Å². The SMILES string of the molecule is CN(CC1CCCCN1C(=O)OC(C)(C)C)c1ccc([N+](=O)[O-])cn1. The van der Waals surface area contributed by atoms with Crippen molar-refractivity contribution in [2.45, 2.75) is 51.7 Å². The molecule has 1 atom stereocenters. The summed E-state index contributed by atoms with van der Waals surface area (Å²) < 4.78 is 5.51. The first-order valence-electron chi connectivity index (χ1n) is 8.48. The van der Waals surface area contributed by atoms with Crippen molar-refractivity contribution in [3.63, 3.8) is 0 Å². The van der Waals surface area contributed by atoms with Gasteiger partial charge in [-0.15, -0.1) is 0 Å². The second kappa shape index (κ2) is 7.67. The Bertz CT molecular complexity index is 612. The molecule has 0 aliphatic carbocycles. The number of ether oxygens (including phenoxy) is 1. The minimum Gasteiger partial charge on any atom is -0.444 e. The molecular weight excluding hydrogens is 324 g/mol. The van der Waals surface area contributed by atoms with E-state index in [0.717, 1.165) is 19.3 Å². The number of amides is 1. The number of likely N-dealkylation sites (N-methyl/N-ethyl adjacent to an activating group) is 1. The number of likely N-dealkylation sites (tertiary alicyclic amines) is 1. The van der Waals surface area contributed by atoms with E-state index in [1.54, 1.807) is 11.0 Å². The fourth-order valence-corrected chi connectivity index (χ4v) is 2.87. The second-order valence-corrected chi connectivity index (χ2v) is 7.34. The van der Waals surface area contributed by atoms with Crippen LogP contribution in [0.25, 0.3) is 0 Å². The van der Waals surface area contributed by atoms with Crippen molar-refractivity contribution in [1.82, 2.24) is 9.88 Å². The number of anilines is 1. The van der Waals surface area contributed by atoms with E-state index in [2.05, 4.69) is 4.98 Å². The summed E-state index contributed by atoms with van der Waals surface area (Å²) in [5, 5.41) is 10.7. The van der Waals surface area contributed by atoms with Gasteiger partial charge in [0.2, 0.25) is 0 Å². The Morgan fingerprint density at radius 3 is 2.72 bits per heavy atom. The zero-order chi connectivity index (χ0) is 18.6. The van der Waals surface area contributed by atoms with E-state index in [1.807, 2.05) is 32.7 Å². The van der Waals surface area contributed by atoms with Crippen LogP contribution < -0.4 is 4.90 Å². The van der Waals surface area contributed by atoms with Gasteiger partial charge in [-0.1, -0.05) is 0 Å². The molecule has 0 spiro atoms. The van der Waals surface area contributed by atoms with E-state index >= 15 is 0 Å². The molecule has 0 N–H and O–H groups in total. The van der Waals surface area contributed by atoms with E-state index in [4.69, 9.17) is 4.74 Å². The molecule has 1 aliphatic heterocycles. The average Bonchev–Trinajstić information content (AvgIpc) is 2.53. The molecule has 0 radical (unpaired) electrons. The molecule has 1 aliphatic rings. The number of piperidine rings is 1. The number of hydrogen-bond donors (Lipinski definition) is 0. The van der Waals surface area contributed by atoms with Crippen molar-refractivity contribution >= 4 is 17.6 Å². The van der Waals surface area contributed by atoms with Crippen molar-refractivity contribution in [2.24, 2.45) is 0 Å². The molecule has 25 heavy (non-hydrogen) atoms. The minimum absolute atomic E-state index is 0.0330. The lowest BCUT2D eigenvalue weighted by molar-refractivity contribution is -0.385. The van der Waals surface area contributed by atoms with Crippen LogP contribution in [0, 0.1) is 10.1 Å². The van der Waals surface area contributed by atoms with Crippen LogP contribution in [-0.2, 0) is 4.74 Å². The predicted molar refractivity (Wildman–Crippen MR) is 94.7 cm³/mol. The molecule has 1 amide bonds. The van der Waals surface area contributed by atoms with E-state index in [-0.39, 0.29) is 17.8 Å². The highest BCUT2D eigenvalue weighted by atomic mass is 16.6. The number of carbonyl (C=O) groups excluding carboxylic acids is 1. The normalized spacial score (nSPS) is 17.9. The zero-order valence-corrected chi connectivity index (χ0v) is 15.3. The molecule has 0 aromatic carbocycles. The number of rotatable bonds is 4. The van der Waals surface area contributed by atoms with Gasteiger partial charge in [-0.25, -0.2) is 9.78 Å². The number of pyridine rings is 1. The predicted octanol–water partition coefficient (Wildman–Crippen LogP) is 3.22. The van der Waals surface area contributed by atoms with Crippen LogP contribution in [0.1, 0.15) is 40.0 Å². The molecule has 0 saturated carbocycles. The van der Waals surface area contributed by atoms with Gasteiger partial charge < -0.3 is 14.5 Å². The molecule has 2 heterocycles.